The molecule has 5 nitrogen and oxygen atoms in total. The van der Waals surface area contributed by atoms with Crippen molar-refractivity contribution in [3.63, 3.8) is 0 Å². The molecule has 1 amide bonds. The van der Waals surface area contributed by atoms with Gasteiger partial charge in [0.05, 0.1) is 6.42 Å². The number of fused-ring (bicyclic) bond motifs is 2. The Balaban J connectivity index is 1.65. The molecular formula is C27H21ClN2O3S. The molecule has 0 aliphatic carbocycles. The molecule has 0 bridgehead atoms. The van der Waals surface area contributed by atoms with Gasteiger partial charge in [-0.3, -0.25) is 9.59 Å². The van der Waals surface area contributed by atoms with Crippen molar-refractivity contribution < 1.29 is 14.7 Å². The highest BCUT2D eigenvalue weighted by Gasteiger charge is 2.15. The number of carboxylic acid groups (broad SMARTS) is 1. The molecule has 5 rings (SSSR count). The van der Waals surface area contributed by atoms with E-state index in [0.717, 1.165) is 48.9 Å². The molecule has 0 saturated heterocycles. The first-order valence-corrected chi connectivity index (χ1v) is 12.0. The first kappa shape index (κ1) is 22.2. The minimum atomic E-state index is -0.869. The van der Waals surface area contributed by atoms with Crippen molar-refractivity contribution in [2.75, 3.05) is 5.32 Å². The third-order valence-corrected chi connectivity index (χ3v) is 7.06. The van der Waals surface area contributed by atoms with Crippen LogP contribution < -0.4 is 5.32 Å². The first-order chi connectivity index (χ1) is 16.4. The molecule has 0 spiro atoms. The van der Waals surface area contributed by atoms with Gasteiger partial charge in [0.1, 0.15) is 0 Å². The molecule has 2 aromatic heterocycles. The number of halogens is 1. The summed E-state index contributed by atoms with van der Waals surface area (Å²) in [5, 5.41) is 17.2. The Labute approximate surface area is 205 Å². The van der Waals surface area contributed by atoms with E-state index < -0.39 is 5.97 Å². The third kappa shape index (κ3) is 4.30. The van der Waals surface area contributed by atoms with Gasteiger partial charge in [-0.1, -0.05) is 41.9 Å². The highest BCUT2D eigenvalue weighted by molar-refractivity contribution is 7.17. The predicted molar refractivity (Wildman–Crippen MR) is 139 cm³/mol. The highest BCUT2D eigenvalue weighted by atomic mass is 35.5. The Morgan fingerprint density at radius 2 is 1.85 bits per heavy atom. The molecule has 3 aromatic carbocycles. The van der Waals surface area contributed by atoms with Crippen molar-refractivity contribution >= 4 is 61.5 Å². The number of benzene rings is 3. The largest absolute Gasteiger partial charge is 0.481 e. The van der Waals surface area contributed by atoms with Crippen LogP contribution in [-0.4, -0.2) is 21.6 Å². The topological polar surface area (TPSA) is 71.3 Å². The normalized spacial score (nSPS) is 11.2. The van der Waals surface area contributed by atoms with Crippen LogP contribution in [0, 0.1) is 0 Å². The van der Waals surface area contributed by atoms with Gasteiger partial charge in [0.25, 0.3) is 0 Å². The number of amides is 1. The van der Waals surface area contributed by atoms with Crippen molar-refractivity contribution in [2.24, 2.45) is 0 Å². The van der Waals surface area contributed by atoms with Crippen LogP contribution in [0.2, 0.25) is 5.02 Å². The maximum atomic E-state index is 11.7. The van der Waals surface area contributed by atoms with Crippen molar-refractivity contribution in [1.29, 1.82) is 0 Å². The zero-order chi connectivity index (χ0) is 23.8. The lowest BCUT2D eigenvalue weighted by Crippen LogP contribution is -2.06. The SMILES string of the molecule is CC(=O)Nc1ccccc1-c1ccc2c(CC(=O)O)cn(Cc3csc4ccc(Cl)cc34)c2c1. The number of carbonyl (C=O) groups excluding carboxylic acids is 1. The van der Waals surface area contributed by atoms with Crippen LogP contribution in [0.3, 0.4) is 0 Å². The summed E-state index contributed by atoms with van der Waals surface area (Å²) in [6.07, 6.45) is 1.87. The summed E-state index contributed by atoms with van der Waals surface area (Å²) >= 11 is 7.92. The summed E-state index contributed by atoms with van der Waals surface area (Å²) in [6.45, 7) is 2.08. The Morgan fingerprint density at radius 3 is 2.65 bits per heavy atom. The number of nitrogens with one attached hydrogen (secondary N) is 1. The molecule has 0 fully saturated rings. The maximum absolute atomic E-state index is 11.7. The monoisotopic (exact) mass is 488 g/mol. The standard InChI is InChI=1S/C27H21ClN2O3S/c1-16(31)29-24-5-3-2-4-21(24)17-6-8-22-18(11-27(32)33)13-30(25(22)10-17)14-19-15-34-26-9-7-20(28)12-23(19)26/h2-10,12-13,15H,11,14H2,1H3,(H,29,31)(H,32,33). The maximum Gasteiger partial charge on any atom is 0.307 e. The number of aliphatic carboxylic acids is 1. The van der Waals surface area contributed by atoms with E-state index >= 15 is 0 Å². The molecular weight excluding hydrogens is 468 g/mol. The predicted octanol–water partition coefficient (Wildman–Crippen LogP) is 6.81. The quantitative estimate of drug-likeness (QED) is 0.276. The summed E-state index contributed by atoms with van der Waals surface area (Å²) in [6, 6.07) is 19.5. The minimum Gasteiger partial charge on any atom is -0.481 e. The van der Waals surface area contributed by atoms with E-state index in [2.05, 4.69) is 21.3 Å². The molecule has 0 saturated carbocycles. The van der Waals surface area contributed by atoms with Gasteiger partial charge >= 0.3 is 5.97 Å². The van der Waals surface area contributed by atoms with E-state index in [-0.39, 0.29) is 12.3 Å². The molecule has 0 aliphatic rings. The van der Waals surface area contributed by atoms with Crippen molar-refractivity contribution in [1.82, 2.24) is 4.57 Å². The molecule has 0 unspecified atom stereocenters. The Morgan fingerprint density at radius 1 is 1.03 bits per heavy atom. The fourth-order valence-corrected chi connectivity index (χ4v) is 5.47. The second kappa shape index (κ2) is 8.97. The minimum absolute atomic E-state index is 0.0540. The van der Waals surface area contributed by atoms with Gasteiger partial charge in [0.15, 0.2) is 0 Å². The number of anilines is 1. The van der Waals surface area contributed by atoms with Crippen LogP contribution in [0.15, 0.2) is 72.2 Å². The number of para-hydroxylation sites is 1. The summed E-state index contributed by atoms with van der Waals surface area (Å²) in [5.74, 6) is -1.00. The number of hydrogen-bond donors (Lipinski definition) is 2. The second-order valence-electron chi connectivity index (χ2n) is 8.21. The van der Waals surface area contributed by atoms with E-state index in [1.165, 1.54) is 6.92 Å². The number of nitrogens with zero attached hydrogens (tertiary/aromatic N) is 1. The Hall–Kier alpha value is -3.61. The van der Waals surface area contributed by atoms with Crippen LogP contribution in [0.5, 0.6) is 0 Å². The van der Waals surface area contributed by atoms with Crippen molar-refractivity contribution in [2.45, 2.75) is 19.9 Å². The van der Waals surface area contributed by atoms with Crippen molar-refractivity contribution in [3.05, 3.63) is 88.4 Å². The molecule has 0 radical (unpaired) electrons. The zero-order valence-electron chi connectivity index (χ0n) is 18.3. The smallest absolute Gasteiger partial charge is 0.307 e. The van der Waals surface area contributed by atoms with Crippen LogP contribution in [-0.2, 0) is 22.6 Å². The molecule has 2 heterocycles. The Bertz CT molecular complexity index is 1570. The van der Waals surface area contributed by atoms with Crippen LogP contribution >= 0.6 is 22.9 Å². The van der Waals surface area contributed by atoms with Gasteiger partial charge in [-0.25, -0.2) is 0 Å². The average Bonchev–Trinajstić information content (AvgIpc) is 3.34. The third-order valence-electron chi connectivity index (χ3n) is 5.81. The first-order valence-electron chi connectivity index (χ1n) is 10.8. The van der Waals surface area contributed by atoms with Crippen LogP contribution in [0.4, 0.5) is 5.69 Å². The molecule has 0 aliphatic heterocycles. The lowest BCUT2D eigenvalue weighted by molar-refractivity contribution is -0.136. The highest BCUT2D eigenvalue weighted by Crippen LogP contribution is 2.34. The molecule has 170 valence electrons. The molecule has 34 heavy (non-hydrogen) atoms. The van der Waals surface area contributed by atoms with Gasteiger partial charge in [-0.2, -0.15) is 0 Å². The van der Waals surface area contributed by atoms with E-state index in [9.17, 15) is 14.7 Å². The molecule has 2 N–H and O–H groups in total. The summed E-state index contributed by atoms with van der Waals surface area (Å²) in [5.41, 5.74) is 5.41. The van der Waals surface area contributed by atoms with Gasteiger partial charge in [0, 0.05) is 51.5 Å². The molecule has 5 aromatic rings. The number of hydrogen-bond acceptors (Lipinski definition) is 3. The lowest BCUT2D eigenvalue weighted by Gasteiger charge is -2.11. The van der Waals surface area contributed by atoms with Crippen LogP contribution in [0.1, 0.15) is 18.1 Å². The van der Waals surface area contributed by atoms with Gasteiger partial charge in [-0.05, 0) is 57.8 Å². The second-order valence-corrected chi connectivity index (χ2v) is 9.56. The zero-order valence-corrected chi connectivity index (χ0v) is 19.9. The van der Waals surface area contributed by atoms with E-state index in [4.69, 9.17) is 11.6 Å². The van der Waals surface area contributed by atoms with E-state index in [1.54, 1.807) is 11.3 Å². The van der Waals surface area contributed by atoms with Gasteiger partial charge in [-0.15, -0.1) is 11.3 Å². The van der Waals surface area contributed by atoms with E-state index in [1.807, 2.05) is 60.8 Å². The summed E-state index contributed by atoms with van der Waals surface area (Å²) in [4.78, 5) is 23.2. The van der Waals surface area contributed by atoms with Crippen molar-refractivity contribution in [3.8, 4) is 11.1 Å². The number of carbonyl (C=O) groups is 2. The summed E-state index contributed by atoms with van der Waals surface area (Å²) in [7, 11) is 0. The summed E-state index contributed by atoms with van der Waals surface area (Å²) < 4.78 is 3.26. The fourth-order valence-electron chi connectivity index (χ4n) is 4.36. The molecule has 0 atom stereocenters. The lowest BCUT2D eigenvalue weighted by atomic mass is 10.0. The van der Waals surface area contributed by atoms with E-state index in [0.29, 0.717) is 11.6 Å². The van der Waals surface area contributed by atoms with Gasteiger partial charge < -0.3 is 15.0 Å². The molecule has 7 heteroatoms. The van der Waals surface area contributed by atoms with Gasteiger partial charge in [0.2, 0.25) is 5.91 Å². The number of aromatic nitrogens is 1. The number of thiophene rings is 1. The Kier molecular flexibility index (Phi) is 5.86. The van der Waals surface area contributed by atoms with Crippen LogP contribution in [0.25, 0.3) is 32.1 Å². The average molecular weight is 489 g/mol. The number of rotatable bonds is 6. The number of carboxylic acids is 1. The fraction of sp³-hybridized carbons (Fsp3) is 0.111.